The van der Waals surface area contributed by atoms with E-state index in [4.69, 9.17) is 23.2 Å². The maximum atomic E-state index is 10.2. The van der Waals surface area contributed by atoms with Crippen LogP contribution in [0.1, 0.15) is 60.8 Å². The molecule has 0 aliphatic carbocycles. The molecule has 0 heterocycles. The summed E-state index contributed by atoms with van der Waals surface area (Å²) >= 11 is 11.9. The SMILES string of the molecule is C=C(Cl)Cc1cc([C@@H](CC)[C@H](CC)c2ccc(O)c(CC(=C)Cl)c2)ccc1O. The Kier molecular flexibility index (Phi) is 8.03. The summed E-state index contributed by atoms with van der Waals surface area (Å²) in [4.78, 5) is 0. The van der Waals surface area contributed by atoms with Gasteiger partial charge in [-0.05, 0) is 59.1 Å². The monoisotopic (exact) mass is 418 g/mol. The lowest BCUT2D eigenvalue weighted by atomic mass is 9.77. The molecule has 2 atom stereocenters. The quantitative estimate of drug-likeness (QED) is 0.445. The average Bonchev–Trinajstić information content (AvgIpc) is 2.63. The Labute approximate surface area is 178 Å². The summed E-state index contributed by atoms with van der Waals surface area (Å²) < 4.78 is 0. The zero-order chi connectivity index (χ0) is 20.8. The zero-order valence-corrected chi connectivity index (χ0v) is 18.0. The molecular formula is C24H28Cl2O2. The number of phenolic OH excluding ortho intramolecular Hbond substituents is 2. The first-order chi connectivity index (χ1) is 13.3. The van der Waals surface area contributed by atoms with Crippen LogP contribution < -0.4 is 0 Å². The average molecular weight is 419 g/mol. The van der Waals surface area contributed by atoms with Crippen molar-refractivity contribution in [3.63, 3.8) is 0 Å². The van der Waals surface area contributed by atoms with Crippen LogP contribution in [0.5, 0.6) is 11.5 Å². The van der Waals surface area contributed by atoms with Crippen LogP contribution in [0, 0.1) is 0 Å². The smallest absolute Gasteiger partial charge is 0.119 e. The second kappa shape index (κ2) is 10.0. The molecule has 0 fully saturated rings. The van der Waals surface area contributed by atoms with E-state index in [2.05, 4.69) is 27.0 Å². The third-order valence-electron chi connectivity index (χ3n) is 5.19. The topological polar surface area (TPSA) is 40.5 Å². The highest BCUT2D eigenvalue weighted by molar-refractivity contribution is 6.29. The number of benzene rings is 2. The van der Waals surface area contributed by atoms with Crippen LogP contribution in [0.15, 0.2) is 59.6 Å². The number of allylic oxidation sites excluding steroid dienone is 2. The minimum atomic E-state index is 0.237. The lowest BCUT2D eigenvalue weighted by Gasteiger charge is -2.27. The number of halogens is 2. The largest absolute Gasteiger partial charge is 0.508 e. The van der Waals surface area contributed by atoms with Crippen molar-refractivity contribution >= 4 is 23.2 Å². The van der Waals surface area contributed by atoms with Crippen molar-refractivity contribution in [2.24, 2.45) is 0 Å². The first-order valence-corrected chi connectivity index (χ1v) is 10.3. The molecule has 150 valence electrons. The Balaban J connectivity index is 2.44. The lowest BCUT2D eigenvalue weighted by molar-refractivity contribution is 0.464. The summed E-state index contributed by atoms with van der Waals surface area (Å²) in [6.45, 7) is 11.8. The van der Waals surface area contributed by atoms with Crippen molar-refractivity contribution in [3.8, 4) is 11.5 Å². The summed E-state index contributed by atoms with van der Waals surface area (Å²) in [5, 5.41) is 21.3. The minimum Gasteiger partial charge on any atom is -0.508 e. The van der Waals surface area contributed by atoms with Crippen LogP contribution in [-0.4, -0.2) is 10.2 Å². The molecule has 2 aromatic carbocycles. The highest BCUT2D eigenvalue weighted by atomic mass is 35.5. The molecule has 4 heteroatoms. The molecule has 2 N–H and O–H groups in total. The van der Waals surface area contributed by atoms with E-state index in [-0.39, 0.29) is 23.3 Å². The molecule has 0 unspecified atom stereocenters. The Morgan fingerprint density at radius 1 is 0.786 bits per heavy atom. The molecule has 2 nitrogen and oxygen atoms in total. The van der Waals surface area contributed by atoms with E-state index < -0.39 is 0 Å². The van der Waals surface area contributed by atoms with Gasteiger partial charge in [0.25, 0.3) is 0 Å². The molecule has 28 heavy (non-hydrogen) atoms. The summed E-state index contributed by atoms with van der Waals surface area (Å²) in [5.41, 5.74) is 3.90. The highest BCUT2D eigenvalue weighted by Gasteiger charge is 2.24. The first kappa shape index (κ1) is 22.4. The van der Waals surface area contributed by atoms with Crippen LogP contribution in [0.4, 0.5) is 0 Å². The molecule has 0 saturated carbocycles. The van der Waals surface area contributed by atoms with Crippen molar-refractivity contribution in [3.05, 3.63) is 81.9 Å². The van der Waals surface area contributed by atoms with Crippen LogP contribution in [0.2, 0.25) is 0 Å². The fourth-order valence-corrected chi connectivity index (χ4v) is 4.16. The number of aromatic hydroxyl groups is 2. The molecule has 2 aromatic rings. The second-order valence-corrected chi connectivity index (χ2v) is 8.26. The van der Waals surface area contributed by atoms with Gasteiger partial charge in [0.1, 0.15) is 11.5 Å². The summed E-state index contributed by atoms with van der Waals surface area (Å²) in [6.07, 6.45) is 2.78. The molecule has 0 saturated heterocycles. The fraction of sp³-hybridized carbons (Fsp3) is 0.333. The van der Waals surface area contributed by atoms with Crippen molar-refractivity contribution in [1.29, 1.82) is 0 Å². The second-order valence-electron chi connectivity index (χ2n) is 7.19. The van der Waals surface area contributed by atoms with Gasteiger partial charge in [-0.3, -0.25) is 0 Å². The molecule has 2 rings (SSSR count). The maximum absolute atomic E-state index is 10.2. The first-order valence-electron chi connectivity index (χ1n) is 9.56. The zero-order valence-electron chi connectivity index (χ0n) is 16.5. The van der Waals surface area contributed by atoms with Crippen molar-refractivity contribution in [1.82, 2.24) is 0 Å². The van der Waals surface area contributed by atoms with Crippen molar-refractivity contribution in [2.45, 2.75) is 51.4 Å². The van der Waals surface area contributed by atoms with Crippen LogP contribution in [-0.2, 0) is 12.8 Å². The van der Waals surface area contributed by atoms with Gasteiger partial charge in [0.05, 0.1) is 0 Å². The lowest BCUT2D eigenvalue weighted by Crippen LogP contribution is -2.11. The van der Waals surface area contributed by atoms with Gasteiger partial charge in [0.2, 0.25) is 0 Å². The van der Waals surface area contributed by atoms with Gasteiger partial charge in [0, 0.05) is 22.9 Å². The molecule has 0 aliphatic rings. The number of hydrogen-bond acceptors (Lipinski definition) is 2. The molecular weight excluding hydrogens is 391 g/mol. The normalized spacial score (nSPS) is 13.1. The predicted octanol–water partition coefficient (Wildman–Crippen LogP) is 7.38. The Bertz CT molecular complexity index is 786. The minimum absolute atomic E-state index is 0.237. The van der Waals surface area contributed by atoms with E-state index >= 15 is 0 Å². The number of phenols is 2. The van der Waals surface area contributed by atoms with Crippen LogP contribution >= 0.6 is 23.2 Å². The van der Waals surface area contributed by atoms with E-state index in [9.17, 15) is 10.2 Å². The Morgan fingerprint density at radius 2 is 1.14 bits per heavy atom. The van der Waals surface area contributed by atoms with E-state index in [1.54, 1.807) is 12.1 Å². The molecule has 0 aromatic heterocycles. The summed E-state index contributed by atoms with van der Waals surface area (Å²) in [7, 11) is 0. The van der Waals surface area contributed by atoms with Crippen LogP contribution in [0.25, 0.3) is 0 Å². The number of rotatable bonds is 9. The molecule has 0 radical (unpaired) electrons. The third kappa shape index (κ3) is 5.56. The third-order valence-corrected chi connectivity index (χ3v) is 5.46. The van der Waals surface area contributed by atoms with Crippen molar-refractivity contribution in [2.75, 3.05) is 0 Å². The number of hydrogen-bond donors (Lipinski definition) is 2. The molecule has 0 amide bonds. The Hall–Kier alpha value is -1.90. The van der Waals surface area contributed by atoms with E-state index in [0.717, 1.165) is 35.1 Å². The molecule has 0 spiro atoms. The summed E-state index contributed by atoms with van der Waals surface area (Å²) in [6, 6.07) is 11.5. The summed E-state index contributed by atoms with van der Waals surface area (Å²) in [5.74, 6) is 1.01. The van der Waals surface area contributed by atoms with Gasteiger partial charge < -0.3 is 10.2 Å². The van der Waals surface area contributed by atoms with Crippen LogP contribution in [0.3, 0.4) is 0 Å². The molecule has 0 bridgehead atoms. The van der Waals surface area contributed by atoms with Gasteiger partial charge in [-0.1, -0.05) is 74.5 Å². The van der Waals surface area contributed by atoms with Gasteiger partial charge in [-0.25, -0.2) is 0 Å². The maximum Gasteiger partial charge on any atom is 0.119 e. The predicted molar refractivity (Wildman–Crippen MR) is 120 cm³/mol. The van der Waals surface area contributed by atoms with Gasteiger partial charge in [0.15, 0.2) is 0 Å². The fourth-order valence-electron chi connectivity index (χ4n) is 3.87. The van der Waals surface area contributed by atoms with Gasteiger partial charge in [-0.15, -0.1) is 0 Å². The Morgan fingerprint density at radius 3 is 1.43 bits per heavy atom. The highest BCUT2D eigenvalue weighted by Crippen LogP contribution is 2.40. The van der Waals surface area contributed by atoms with E-state index in [0.29, 0.717) is 22.9 Å². The molecule has 0 aliphatic heterocycles. The van der Waals surface area contributed by atoms with E-state index in [1.807, 2.05) is 24.3 Å². The van der Waals surface area contributed by atoms with Gasteiger partial charge in [-0.2, -0.15) is 0 Å². The standard InChI is InChI=1S/C24H28Cl2O2/c1-5-21(17-7-9-23(27)19(13-17)11-15(3)25)22(6-2)18-8-10-24(28)20(14-18)12-16(4)26/h7-10,13-14,21-22,27-28H,3-6,11-12H2,1-2H3/t21-,22-/m1/s1. The van der Waals surface area contributed by atoms with E-state index in [1.165, 1.54) is 0 Å². The van der Waals surface area contributed by atoms with Gasteiger partial charge >= 0.3 is 0 Å². The van der Waals surface area contributed by atoms with Crippen molar-refractivity contribution < 1.29 is 10.2 Å².